The number of carbonyl (C=O) groups excluding carboxylic acids is 1. The number of aliphatic hydroxyl groups excluding tert-OH is 1. The van der Waals surface area contributed by atoms with Crippen molar-refractivity contribution in [1.29, 1.82) is 0 Å². The number of carbonyl (C=O) groups is 1. The number of benzene rings is 1. The molecule has 0 saturated heterocycles. The van der Waals surface area contributed by atoms with Crippen molar-refractivity contribution >= 4 is 5.91 Å². The van der Waals surface area contributed by atoms with Gasteiger partial charge < -0.3 is 10.4 Å². The molecule has 2 rings (SSSR count). The minimum absolute atomic E-state index is 0.0119. The lowest BCUT2D eigenvalue weighted by Crippen LogP contribution is -2.30. The first-order chi connectivity index (χ1) is 10.1. The van der Waals surface area contributed by atoms with Gasteiger partial charge in [0.1, 0.15) is 6.61 Å². The van der Waals surface area contributed by atoms with Crippen LogP contribution in [-0.4, -0.2) is 24.2 Å². The van der Waals surface area contributed by atoms with Crippen molar-refractivity contribution in [2.75, 3.05) is 13.2 Å². The molecule has 0 aromatic heterocycles. The van der Waals surface area contributed by atoms with Crippen molar-refractivity contribution in [3.05, 3.63) is 34.9 Å². The normalized spacial score (nSPS) is 15.0. The van der Waals surface area contributed by atoms with E-state index in [1.54, 1.807) is 6.07 Å². The molecule has 3 heteroatoms. The highest BCUT2D eigenvalue weighted by Gasteiger charge is 2.41. The van der Waals surface area contributed by atoms with Gasteiger partial charge in [0, 0.05) is 17.7 Å². The summed E-state index contributed by atoms with van der Waals surface area (Å²) in [5, 5.41) is 11.8. The van der Waals surface area contributed by atoms with Gasteiger partial charge in [0.15, 0.2) is 0 Å². The average molecular weight is 285 g/mol. The Morgan fingerprint density at radius 1 is 1.43 bits per heavy atom. The summed E-state index contributed by atoms with van der Waals surface area (Å²) in [6.07, 6.45) is 4.83. The Morgan fingerprint density at radius 3 is 2.76 bits per heavy atom. The molecule has 1 fully saturated rings. The SMILES string of the molecule is CCCC1(CNC(=O)c2ccc(C#CCO)c(C)c2)CC1. The van der Waals surface area contributed by atoms with Gasteiger partial charge in [-0.05, 0) is 55.4 Å². The third-order valence-corrected chi connectivity index (χ3v) is 4.15. The molecule has 1 aromatic carbocycles. The summed E-state index contributed by atoms with van der Waals surface area (Å²) in [6.45, 7) is 4.75. The van der Waals surface area contributed by atoms with Crippen LogP contribution in [0.25, 0.3) is 0 Å². The van der Waals surface area contributed by atoms with Crippen LogP contribution < -0.4 is 5.32 Å². The van der Waals surface area contributed by atoms with Gasteiger partial charge in [-0.25, -0.2) is 0 Å². The molecule has 112 valence electrons. The molecule has 0 unspecified atom stereocenters. The molecule has 1 aliphatic rings. The van der Waals surface area contributed by atoms with E-state index in [0.29, 0.717) is 11.0 Å². The first kappa shape index (κ1) is 15.6. The molecular weight excluding hydrogens is 262 g/mol. The van der Waals surface area contributed by atoms with Crippen molar-refractivity contribution < 1.29 is 9.90 Å². The minimum atomic E-state index is -0.152. The molecule has 3 nitrogen and oxygen atoms in total. The summed E-state index contributed by atoms with van der Waals surface area (Å²) in [5.74, 6) is 5.49. The fourth-order valence-electron chi connectivity index (χ4n) is 2.67. The predicted octanol–water partition coefficient (Wildman–Crippen LogP) is 2.65. The second kappa shape index (κ2) is 6.78. The summed E-state index contributed by atoms with van der Waals surface area (Å²) in [6, 6.07) is 5.49. The van der Waals surface area contributed by atoms with E-state index in [4.69, 9.17) is 5.11 Å². The number of hydrogen-bond donors (Lipinski definition) is 2. The number of amides is 1. The smallest absolute Gasteiger partial charge is 0.251 e. The van der Waals surface area contributed by atoms with Gasteiger partial charge in [-0.2, -0.15) is 0 Å². The number of hydrogen-bond acceptors (Lipinski definition) is 2. The molecule has 0 atom stereocenters. The first-order valence-corrected chi connectivity index (χ1v) is 7.59. The predicted molar refractivity (Wildman–Crippen MR) is 84.1 cm³/mol. The van der Waals surface area contributed by atoms with Crippen LogP contribution >= 0.6 is 0 Å². The van der Waals surface area contributed by atoms with Crippen LogP contribution in [0.3, 0.4) is 0 Å². The van der Waals surface area contributed by atoms with Gasteiger partial charge in [0.2, 0.25) is 0 Å². The molecule has 1 aliphatic carbocycles. The Labute approximate surface area is 126 Å². The Kier molecular flexibility index (Phi) is 5.03. The summed E-state index contributed by atoms with van der Waals surface area (Å²) < 4.78 is 0. The third kappa shape index (κ3) is 4.09. The number of aryl methyl sites for hydroxylation is 1. The number of nitrogens with one attached hydrogen (secondary N) is 1. The van der Waals surface area contributed by atoms with Crippen molar-refractivity contribution in [2.24, 2.45) is 5.41 Å². The summed E-state index contributed by atoms with van der Waals surface area (Å²) >= 11 is 0. The summed E-state index contributed by atoms with van der Waals surface area (Å²) in [7, 11) is 0. The maximum Gasteiger partial charge on any atom is 0.251 e. The largest absolute Gasteiger partial charge is 0.384 e. The van der Waals surface area contributed by atoms with E-state index >= 15 is 0 Å². The Hall–Kier alpha value is -1.79. The second-order valence-corrected chi connectivity index (χ2v) is 5.92. The van der Waals surface area contributed by atoms with Gasteiger partial charge in [-0.15, -0.1) is 0 Å². The molecule has 2 N–H and O–H groups in total. The maximum absolute atomic E-state index is 12.2. The Balaban J connectivity index is 1.98. The standard InChI is InChI=1S/C18H23NO2/c1-3-8-18(9-10-18)13-19-17(21)16-7-6-15(5-4-11-20)14(2)12-16/h6-7,12,20H,3,8-11,13H2,1-2H3,(H,19,21). The van der Waals surface area contributed by atoms with E-state index in [0.717, 1.165) is 17.7 Å². The summed E-state index contributed by atoms with van der Waals surface area (Å²) in [4.78, 5) is 12.2. The average Bonchev–Trinajstić information content (AvgIpc) is 3.24. The van der Waals surface area contributed by atoms with Gasteiger partial charge in [-0.3, -0.25) is 4.79 Å². The molecule has 0 spiro atoms. The highest BCUT2D eigenvalue weighted by molar-refractivity contribution is 5.94. The molecule has 0 heterocycles. The summed E-state index contributed by atoms with van der Waals surface area (Å²) in [5.41, 5.74) is 2.85. The number of rotatable bonds is 5. The fraction of sp³-hybridized carbons (Fsp3) is 0.500. The lowest BCUT2D eigenvalue weighted by atomic mass is 10.0. The van der Waals surface area contributed by atoms with Gasteiger partial charge in [0.25, 0.3) is 5.91 Å². The molecular formula is C18H23NO2. The molecule has 0 bridgehead atoms. The van der Waals surface area contributed by atoms with Crippen molar-refractivity contribution in [3.63, 3.8) is 0 Å². The van der Waals surface area contributed by atoms with Gasteiger partial charge in [-0.1, -0.05) is 25.2 Å². The molecule has 1 aromatic rings. The van der Waals surface area contributed by atoms with Crippen molar-refractivity contribution in [3.8, 4) is 11.8 Å². The van der Waals surface area contributed by atoms with E-state index in [2.05, 4.69) is 24.1 Å². The van der Waals surface area contributed by atoms with Crippen molar-refractivity contribution in [1.82, 2.24) is 5.32 Å². The third-order valence-electron chi connectivity index (χ3n) is 4.15. The molecule has 1 amide bonds. The lowest BCUT2D eigenvalue weighted by molar-refractivity contribution is 0.0943. The van der Waals surface area contributed by atoms with E-state index in [-0.39, 0.29) is 12.5 Å². The van der Waals surface area contributed by atoms with Crippen LogP contribution in [0.5, 0.6) is 0 Å². The zero-order valence-electron chi connectivity index (χ0n) is 12.8. The van der Waals surface area contributed by atoms with Crippen LogP contribution in [0.15, 0.2) is 18.2 Å². The lowest BCUT2D eigenvalue weighted by Gasteiger charge is -2.15. The zero-order valence-corrected chi connectivity index (χ0v) is 12.8. The molecule has 21 heavy (non-hydrogen) atoms. The van der Waals surface area contributed by atoms with Crippen LogP contribution in [0.4, 0.5) is 0 Å². The maximum atomic E-state index is 12.2. The molecule has 0 radical (unpaired) electrons. The van der Waals surface area contributed by atoms with Crippen molar-refractivity contribution in [2.45, 2.75) is 39.5 Å². The van der Waals surface area contributed by atoms with Gasteiger partial charge >= 0.3 is 0 Å². The number of aliphatic hydroxyl groups is 1. The van der Waals surface area contributed by atoms with E-state index in [9.17, 15) is 4.79 Å². The Bertz CT molecular complexity index is 577. The second-order valence-electron chi connectivity index (χ2n) is 5.92. The molecule has 0 aliphatic heterocycles. The molecule has 1 saturated carbocycles. The highest BCUT2D eigenvalue weighted by Crippen LogP contribution is 2.48. The van der Waals surface area contributed by atoms with E-state index in [1.807, 2.05) is 19.1 Å². The monoisotopic (exact) mass is 285 g/mol. The first-order valence-electron chi connectivity index (χ1n) is 7.59. The fourth-order valence-corrected chi connectivity index (χ4v) is 2.67. The minimum Gasteiger partial charge on any atom is -0.384 e. The highest BCUT2D eigenvalue weighted by atomic mass is 16.2. The quantitative estimate of drug-likeness (QED) is 0.817. The van der Waals surface area contributed by atoms with Crippen LogP contribution in [0, 0.1) is 24.2 Å². The van der Waals surface area contributed by atoms with Crippen LogP contribution in [-0.2, 0) is 0 Å². The Morgan fingerprint density at radius 2 is 2.19 bits per heavy atom. The van der Waals surface area contributed by atoms with E-state index in [1.165, 1.54) is 25.7 Å². The van der Waals surface area contributed by atoms with Crippen LogP contribution in [0.2, 0.25) is 0 Å². The van der Waals surface area contributed by atoms with Crippen LogP contribution in [0.1, 0.15) is 54.1 Å². The zero-order chi connectivity index (χ0) is 15.3. The van der Waals surface area contributed by atoms with Gasteiger partial charge in [0.05, 0.1) is 0 Å². The topological polar surface area (TPSA) is 49.3 Å². The van der Waals surface area contributed by atoms with E-state index < -0.39 is 0 Å².